The van der Waals surface area contributed by atoms with Crippen LogP contribution in [0.15, 0.2) is 48.5 Å². The molecule has 11 nitrogen and oxygen atoms in total. The molecule has 3 aliphatic rings. The minimum absolute atomic E-state index is 0.0888. The average Bonchev–Trinajstić information content (AvgIpc) is 3.63. The van der Waals surface area contributed by atoms with Crippen molar-refractivity contribution in [3.8, 4) is 16.9 Å². The Kier molecular flexibility index (Phi) is 10.3. The number of imide groups is 1. The summed E-state index contributed by atoms with van der Waals surface area (Å²) in [5.74, 6) is -2.55. The zero-order valence-electron chi connectivity index (χ0n) is 31.2. The summed E-state index contributed by atoms with van der Waals surface area (Å²) in [7, 11) is 4.82. The number of anilines is 2. The summed E-state index contributed by atoms with van der Waals surface area (Å²) in [6.45, 7) is 3.23. The highest BCUT2D eigenvalue weighted by atomic mass is 19.1. The number of H-pyrrole nitrogens is 1. The summed E-state index contributed by atoms with van der Waals surface area (Å²) in [6, 6.07) is 10.6. The van der Waals surface area contributed by atoms with Crippen molar-refractivity contribution in [2.24, 2.45) is 0 Å². The van der Waals surface area contributed by atoms with Crippen LogP contribution in [0.2, 0.25) is 0 Å². The number of benzene rings is 3. The van der Waals surface area contributed by atoms with E-state index in [9.17, 15) is 19.2 Å². The molecule has 4 aromatic rings. The lowest BCUT2D eigenvalue weighted by atomic mass is 9.87. The number of aromatic nitrogens is 1. The van der Waals surface area contributed by atoms with Crippen LogP contribution in [0.25, 0.3) is 27.6 Å². The number of methoxy groups -OCH3 is 1. The molecule has 7 rings (SSSR count). The average molecular weight is 757 g/mol. The highest BCUT2D eigenvalue weighted by Crippen LogP contribution is 2.42. The van der Waals surface area contributed by atoms with Crippen LogP contribution in [0, 0.1) is 17.5 Å². The number of nitrogens with one attached hydrogen (secondary N) is 3. The number of carbonyl (C=O) groups excluding carboxylic acids is 4. The van der Waals surface area contributed by atoms with Gasteiger partial charge in [0.25, 0.3) is 5.91 Å². The first-order chi connectivity index (χ1) is 26.3. The number of piperidine rings is 2. The van der Waals surface area contributed by atoms with Crippen molar-refractivity contribution < 1.29 is 37.1 Å². The molecule has 55 heavy (non-hydrogen) atoms. The molecule has 288 valence electrons. The first-order valence-corrected chi connectivity index (χ1v) is 18.4. The van der Waals surface area contributed by atoms with E-state index in [1.807, 2.05) is 24.3 Å². The highest BCUT2D eigenvalue weighted by Gasteiger charge is 2.30. The van der Waals surface area contributed by atoms with Crippen molar-refractivity contribution in [2.75, 3.05) is 57.6 Å². The van der Waals surface area contributed by atoms with Crippen LogP contribution in [0.4, 0.5) is 24.5 Å². The standard InChI is InChI=1S/C41H43F3N6O5/c1-22(51)50-13-5-6-25(21-50)27-17-28(29-18-34(41(54)48(2)3)46-39(29)38(27)44)26-8-7-24(16-36(26)55-4)23-11-14-49(15-12-23)35-20-30(42)33(19-31(35)43)45-32-9-10-37(52)47-40(32)53/h6-8,16-20,23,32,45-46H,5,9-15,21H2,1-4H3,(H,47,52,53)/t32-/m1/s1. The predicted molar refractivity (Wildman–Crippen MR) is 203 cm³/mol. The third kappa shape index (κ3) is 7.37. The molecule has 1 atom stereocenters. The van der Waals surface area contributed by atoms with Crippen LogP contribution in [0.5, 0.6) is 5.75 Å². The number of rotatable bonds is 8. The Bertz CT molecular complexity index is 2240. The van der Waals surface area contributed by atoms with Crippen LogP contribution < -0.4 is 20.3 Å². The number of aromatic amines is 1. The number of amides is 4. The molecule has 14 heteroatoms. The SMILES string of the molecule is COc1cc(C2CCN(c3cc(F)c(N[C@@H]4CCC(=O)NC4=O)cc3F)CC2)ccc1-c1cc(C2=CCCN(C(C)=O)C2)c(F)c2[nH]c(C(=O)N(C)C)cc12. The molecule has 0 radical (unpaired) electrons. The minimum Gasteiger partial charge on any atom is -0.496 e. The normalized spacial score (nSPS) is 17.9. The molecule has 0 unspecified atom stereocenters. The third-order valence-electron chi connectivity index (χ3n) is 10.9. The van der Waals surface area contributed by atoms with Crippen molar-refractivity contribution in [3.05, 3.63) is 82.8 Å². The lowest BCUT2D eigenvalue weighted by Gasteiger charge is -2.34. The monoisotopic (exact) mass is 756 g/mol. The van der Waals surface area contributed by atoms with E-state index in [1.54, 1.807) is 43.1 Å². The van der Waals surface area contributed by atoms with E-state index >= 15 is 13.2 Å². The molecular formula is C41H43F3N6O5. The summed E-state index contributed by atoms with van der Waals surface area (Å²) in [5, 5.41) is 5.45. The summed E-state index contributed by atoms with van der Waals surface area (Å²) in [6.07, 6.45) is 4.13. The van der Waals surface area contributed by atoms with E-state index in [-0.39, 0.29) is 59.7 Å². The first kappa shape index (κ1) is 37.5. The molecule has 1 aromatic heterocycles. The Morgan fingerprint density at radius 1 is 0.927 bits per heavy atom. The second-order valence-corrected chi connectivity index (χ2v) is 14.6. The van der Waals surface area contributed by atoms with Gasteiger partial charge in [0.1, 0.15) is 29.1 Å². The first-order valence-electron chi connectivity index (χ1n) is 18.4. The molecule has 3 aliphatic heterocycles. The van der Waals surface area contributed by atoms with Crippen LogP contribution in [-0.2, 0) is 14.4 Å². The fraction of sp³-hybridized carbons (Fsp3) is 0.366. The molecule has 3 aromatic carbocycles. The zero-order valence-corrected chi connectivity index (χ0v) is 31.2. The van der Waals surface area contributed by atoms with E-state index in [4.69, 9.17) is 4.74 Å². The number of hydrogen-bond donors (Lipinski definition) is 3. The maximum atomic E-state index is 16.4. The Hall–Kier alpha value is -5.79. The number of ether oxygens (including phenoxy) is 1. The van der Waals surface area contributed by atoms with E-state index in [0.717, 1.165) is 17.7 Å². The van der Waals surface area contributed by atoms with Gasteiger partial charge in [0.05, 0.1) is 24.0 Å². The van der Waals surface area contributed by atoms with Gasteiger partial charge in [-0.05, 0) is 66.5 Å². The molecule has 0 saturated carbocycles. The highest BCUT2D eigenvalue weighted by molar-refractivity contribution is 6.05. The quantitative estimate of drug-likeness (QED) is 0.183. The van der Waals surface area contributed by atoms with Gasteiger partial charge in [-0.1, -0.05) is 18.2 Å². The van der Waals surface area contributed by atoms with Gasteiger partial charge in [-0.3, -0.25) is 24.5 Å². The summed E-state index contributed by atoms with van der Waals surface area (Å²) in [5.41, 5.74) is 3.77. The topological polar surface area (TPSA) is 127 Å². The van der Waals surface area contributed by atoms with Crippen molar-refractivity contribution in [2.45, 2.75) is 51.0 Å². The maximum Gasteiger partial charge on any atom is 0.269 e. The van der Waals surface area contributed by atoms with Crippen LogP contribution in [0.3, 0.4) is 0 Å². The Labute approximate surface area is 316 Å². The molecule has 2 fully saturated rings. The van der Waals surface area contributed by atoms with Crippen molar-refractivity contribution in [1.82, 2.24) is 20.1 Å². The second kappa shape index (κ2) is 15.2. The molecule has 4 heterocycles. The number of hydrogen-bond acceptors (Lipinski definition) is 7. The molecule has 3 N–H and O–H groups in total. The largest absolute Gasteiger partial charge is 0.496 e. The Balaban J connectivity index is 1.15. The zero-order chi connectivity index (χ0) is 39.1. The summed E-state index contributed by atoms with van der Waals surface area (Å²) in [4.78, 5) is 56.8. The van der Waals surface area contributed by atoms with Crippen LogP contribution in [0.1, 0.15) is 66.6 Å². The van der Waals surface area contributed by atoms with Gasteiger partial charge in [-0.25, -0.2) is 13.2 Å². The smallest absolute Gasteiger partial charge is 0.269 e. The molecule has 0 aliphatic carbocycles. The van der Waals surface area contributed by atoms with Crippen LogP contribution >= 0.6 is 0 Å². The third-order valence-corrected chi connectivity index (χ3v) is 10.9. The van der Waals surface area contributed by atoms with Gasteiger partial charge in [0, 0.05) is 82.3 Å². The van der Waals surface area contributed by atoms with Crippen LogP contribution in [-0.4, -0.2) is 91.8 Å². The van der Waals surface area contributed by atoms with Gasteiger partial charge >= 0.3 is 0 Å². The Morgan fingerprint density at radius 2 is 1.69 bits per heavy atom. The van der Waals surface area contributed by atoms with Gasteiger partial charge in [0.2, 0.25) is 17.7 Å². The van der Waals surface area contributed by atoms with Gasteiger partial charge in [0.15, 0.2) is 5.82 Å². The summed E-state index contributed by atoms with van der Waals surface area (Å²) >= 11 is 0. The number of nitrogens with zero attached hydrogens (tertiary/aromatic N) is 3. The van der Waals surface area contributed by atoms with E-state index in [0.29, 0.717) is 72.3 Å². The number of fused-ring (bicyclic) bond motifs is 1. The molecule has 0 bridgehead atoms. The van der Waals surface area contributed by atoms with Gasteiger partial charge < -0.3 is 29.7 Å². The molecular weight excluding hydrogens is 713 g/mol. The van der Waals surface area contributed by atoms with Crippen molar-refractivity contribution >= 4 is 51.5 Å². The molecule has 0 spiro atoms. The fourth-order valence-electron chi connectivity index (χ4n) is 7.83. The predicted octanol–water partition coefficient (Wildman–Crippen LogP) is 6.20. The second-order valence-electron chi connectivity index (χ2n) is 14.6. The lowest BCUT2D eigenvalue weighted by Crippen LogP contribution is -2.47. The van der Waals surface area contributed by atoms with Crippen molar-refractivity contribution in [3.63, 3.8) is 0 Å². The van der Waals surface area contributed by atoms with Gasteiger partial charge in [-0.2, -0.15) is 0 Å². The number of carbonyl (C=O) groups is 4. The maximum absolute atomic E-state index is 16.4. The van der Waals surface area contributed by atoms with Gasteiger partial charge in [-0.15, -0.1) is 0 Å². The number of halogens is 3. The van der Waals surface area contributed by atoms with E-state index in [2.05, 4.69) is 15.6 Å². The molecule has 2 saturated heterocycles. The lowest BCUT2D eigenvalue weighted by molar-refractivity contribution is -0.133. The Morgan fingerprint density at radius 3 is 2.38 bits per heavy atom. The van der Waals surface area contributed by atoms with E-state index in [1.165, 1.54) is 11.8 Å². The minimum atomic E-state index is -0.839. The van der Waals surface area contributed by atoms with Crippen molar-refractivity contribution in [1.29, 1.82) is 0 Å². The van der Waals surface area contributed by atoms with E-state index < -0.39 is 35.3 Å². The fourth-order valence-corrected chi connectivity index (χ4v) is 7.83. The molecule has 4 amide bonds. The summed E-state index contributed by atoms with van der Waals surface area (Å²) < 4.78 is 52.9.